The first kappa shape index (κ1) is 17.0. The van der Waals surface area contributed by atoms with Crippen LogP contribution in [0, 0.1) is 11.8 Å². The Morgan fingerprint density at radius 3 is 1.94 bits per heavy atom. The van der Waals surface area contributed by atoms with Crippen LogP contribution in [0.15, 0.2) is 0 Å². The molecule has 1 nitrogen and oxygen atoms in total. The molecule has 0 aromatic heterocycles. The summed E-state index contributed by atoms with van der Waals surface area (Å²) in [7, 11) is 1.84. The number of methoxy groups -OCH3 is 1. The Balaban J connectivity index is 3.87. The van der Waals surface area contributed by atoms with E-state index in [1.807, 2.05) is 7.11 Å². The molecule has 0 aromatic rings. The summed E-state index contributed by atoms with van der Waals surface area (Å²) < 4.78 is 5.66. The summed E-state index contributed by atoms with van der Waals surface area (Å²) in [6, 6.07) is 0. The first-order chi connectivity index (χ1) is 7.95. The normalized spacial score (nSPS) is 14.3. The minimum Gasteiger partial charge on any atom is -0.379 e. The molecule has 0 rings (SSSR count). The Hall–Kier alpha value is -0.0400. The maximum atomic E-state index is 5.66. The van der Waals surface area contributed by atoms with Gasteiger partial charge in [-0.2, -0.15) is 0 Å². The molecule has 0 N–H and O–H groups in total. The van der Waals surface area contributed by atoms with Gasteiger partial charge in [0.25, 0.3) is 0 Å². The van der Waals surface area contributed by atoms with Crippen molar-refractivity contribution in [2.45, 2.75) is 85.2 Å². The lowest BCUT2D eigenvalue weighted by atomic mass is 9.78. The van der Waals surface area contributed by atoms with Gasteiger partial charge < -0.3 is 4.74 Å². The van der Waals surface area contributed by atoms with Crippen LogP contribution in [-0.4, -0.2) is 12.7 Å². The van der Waals surface area contributed by atoms with Crippen LogP contribution in [0.2, 0.25) is 0 Å². The second kappa shape index (κ2) is 8.97. The Labute approximate surface area is 109 Å². The number of hydrogen-bond donors (Lipinski definition) is 0. The zero-order chi connectivity index (χ0) is 13.3. The van der Waals surface area contributed by atoms with Gasteiger partial charge in [-0.3, -0.25) is 0 Å². The minimum atomic E-state index is 0.0254. The van der Waals surface area contributed by atoms with Crippen LogP contribution in [0.5, 0.6) is 0 Å². The van der Waals surface area contributed by atoms with E-state index in [0.717, 1.165) is 0 Å². The maximum absolute atomic E-state index is 5.66. The van der Waals surface area contributed by atoms with Crippen LogP contribution in [0.1, 0.15) is 79.6 Å². The summed E-state index contributed by atoms with van der Waals surface area (Å²) in [6.45, 7) is 11.4. The van der Waals surface area contributed by atoms with Gasteiger partial charge in [0.15, 0.2) is 0 Å². The van der Waals surface area contributed by atoms with Crippen LogP contribution in [0.4, 0.5) is 0 Å². The highest BCUT2D eigenvalue weighted by Gasteiger charge is 2.30. The molecule has 0 aliphatic carbocycles. The van der Waals surface area contributed by atoms with Crippen molar-refractivity contribution in [3.63, 3.8) is 0 Å². The highest BCUT2D eigenvalue weighted by molar-refractivity contribution is 4.81. The molecule has 0 fully saturated rings. The summed E-state index contributed by atoms with van der Waals surface area (Å²) in [5.74, 6) is 1.39. The van der Waals surface area contributed by atoms with Crippen LogP contribution in [0.25, 0.3) is 0 Å². The quantitative estimate of drug-likeness (QED) is 0.464. The van der Waals surface area contributed by atoms with Gasteiger partial charge >= 0.3 is 0 Å². The van der Waals surface area contributed by atoms with Crippen LogP contribution in [0.3, 0.4) is 0 Å². The number of ether oxygens (including phenoxy) is 1. The minimum absolute atomic E-state index is 0.0254. The Kier molecular flexibility index (Phi) is 8.94. The van der Waals surface area contributed by atoms with Crippen LogP contribution < -0.4 is 0 Å². The highest BCUT2D eigenvalue weighted by Crippen LogP contribution is 2.32. The third kappa shape index (κ3) is 7.08. The third-order valence-corrected chi connectivity index (χ3v) is 4.09. The monoisotopic (exact) mass is 242 g/mol. The second-order valence-corrected chi connectivity index (χ2v) is 6.21. The molecule has 0 radical (unpaired) electrons. The Morgan fingerprint density at radius 1 is 0.941 bits per heavy atom. The maximum Gasteiger partial charge on any atom is 0.0653 e. The van der Waals surface area contributed by atoms with E-state index in [1.54, 1.807) is 0 Å². The van der Waals surface area contributed by atoms with E-state index in [1.165, 1.54) is 44.9 Å². The summed E-state index contributed by atoms with van der Waals surface area (Å²) in [6.07, 6.45) is 9.62. The number of rotatable bonds is 10. The number of unbranched alkanes of at least 4 members (excludes halogenated alkanes) is 5. The van der Waals surface area contributed by atoms with Gasteiger partial charge in [-0.1, -0.05) is 59.3 Å². The van der Waals surface area contributed by atoms with Gasteiger partial charge in [0.1, 0.15) is 0 Å². The van der Waals surface area contributed by atoms with Gasteiger partial charge in [-0.05, 0) is 32.1 Å². The van der Waals surface area contributed by atoms with Crippen molar-refractivity contribution in [3.8, 4) is 0 Å². The van der Waals surface area contributed by atoms with E-state index in [4.69, 9.17) is 4.74 Å². The highest BCUT2D eigenvalue weighted by atomic mass is 16.5. The van der Waals surface area contributed by atoms with E-state index >= 15 is 0 Å². The Bertz CT molecular complexity index is 172. The Morgan fingerprint density at radius 2 is 1.47 bits per heavy atom. The molecular weight excluding hydrogens is 208 g/mol. The molecule has 1 atom stereocenters. The first-order valence-corrected chi connectivity index (χ1v) is 7.50. The molecule has 17 heavy (non-hydrogen) atoms. The molecule has 0 bridgehead atoms. The predicted octanol–water partition coefficient (Wildman–Crippen LogP) is 5.43. The molecule has 0 aromatic carbocycles. The van der Waals surface area contributed by atoms with Crippen molar-refractivity contribution >= 4 is 0 Å². The van der Waals surface area contributed by atoms with E-state index in [2.05, 4.69) is 34.6 Å². The molecule has 0 saturated heterocycles. The summed E-state index contributed by atoms with van der Waals surface area (Å²) in [5, 5.41) is 0. The van der Waals surface area contributed by atoms with Gasteiger partial charge in [-0.15, -0.1) is 0 Å². The van der Waals surface area contributed by atoms with E-state index < -0.39 is 0 Å². The smallest absolute Gasteiger partial charge is 0.0653 e. The third-order valence-electron chi connectivity index (χ3n) is 4.09. The lowest BCUT2D eigenvalue weighted by Gasteiger charge is -2.36. The molecule has 0 saturated carbocycles. The standard InChI is InChI=1S/C16H34O/c1-7-8-9-10-11-12-13-15(14(2)3)16(4,5)17-6/h14-15H,7-13H2,1-6H3. The van der Waals surface area contributed by atoms with E-state index in [0.29, 0.717) is 11.8 Å². The van der Waals surface area contributed by atoms with Gasteiger partial charge in [0.2, 0.25) is 0 Å². The molecule has 0 heterocycles. The lowest BCUT2D eigenvalue weighted by Crippen LogP contribution is -2.36. The lowest BCUT2D eigenvalue weighted by molar-refractivity contribution is -0.0477. The molecule has 1 unspecified atom stereocenters. The fourth-order valence-electron chi connectivity index (χ4n) is 2.78. The fraction of sp³-hybridized carbons (Fsp3) is 1.00. The zero-order valence-corrected chi connectivity index (χ0v) is 13.0. The first-order valence-electron chi connectivity index (χ1n) is 7.50. The molecular formula is C16H34O. The van der Waals surface area contributed by atoms with Gasteiger partial charge in [0.05, 0.1) is 5.60 Å². The van der Waals surface area contributed by atoms with Gasteiger partial charge in [0, 0.05) is 7.11 Å². The summed E-state index contributed by atoms with van der Waals surface area (Å²) in [4.78, 5) is 0. The molecule has 0 aliphatic rings. The molecule has 0 spiro atoms. The molecule has 1 heteroatoms. The van der Waals surface area contributed by atoms with Crippen molar-refractivity contribution in [1.82, 2.24) is 0 Å². The van der Waals surface area contributed by atoms with Crippen molar-refractivity contribution in [1.29, 1.82) is 0 Å². The van der Waals surface area contributed by atoms with Crippen LogP contribution >= 0.6 is 0 Å². The molecule has 0 amide bonds. The second-order valence-electron chi connectivity index (χ2n) is 6.21. The number of hydrogen-bond acceptors (Lipinski definition) is 1. The topological polar surface area (TPSA) is 9.23 Å². The molecule has 104 valence electrons. The average molecular weight is 242 g/mol. The van der Waals surface area contributed by atoms with Crippen LogP contribution in [-0.2, 0) is 4.74 Å². The fourth-order valence-corrected chi connectivity index (χ4v) is 2.78. The van der Waals surface area contributed by atoms with Gasteiger partial charge in [-0.25, -0.2) is 0 Å². The largest absolute Gasteiger partial charge is 0.379 e. The van der Waals surface area contributed by atoms with E-state index in [9.17, 15) is 0 Å². The van der Waals surface area contributed by atoms with Crippen molar-refractivity contribution in [2.75, 3.05) is 7.11 Å². The van der Waals surface area contributed by atoms with Crippen molar-refractivity contribution in [2.24, 2.45) is 11.8 Å². The zero-order valence-electron chi connectivity index (χ0n) is 13.0. The van der Waals surface area contributed by atoms with Crippen molar-refractivity contribution < 1.29 is 4.74 Å². The SMILES string of the molecule is CCCCCCCCC(C(C)C)C(C)(C)OC. The predicted molar refractivity (Wildman–Crippen MR) is 77.4 cm³/mol. The van der Waals surface area contributed by atoms with E-state index in [-0.39, 0.29) is 5.60 Å². The molecule has 0 aliphatic heterocycles. The summed E-state index contributed by atoms with van der Waals surface area (Å²) in [5.41, 5.74) is 0.0254. The summed E-state index contributed by atoms with van der Waals surface area (Å²) >= 11 is 0. The van der Waals surface area contributed by atoms with Crippen molar-refractivity contribution in [3.05, 3.63) is 0 Å². The average Bonchev–Trinajstić information content (AvgIpc) is 2.27.